The molecule has 1 amide bonds. The molecule has 0 aliphatic rings. The van der Waals surface area contributed by atoms with Crippen molar-refractivity contribution in [1.82, 2.24) is 5.32 Å². The molecular weight excluding hydrogens is 380 g/mol. The summed E-state index contributed by atoms with van der Waals surface area (Å²) in [5.74, 6) is -0.257. The van der Waals surface area contributed by atoms with Gasteiger partial charge in [0.25, 0.3) is 5.91 Å². The zero-order valence-corrected chi connectivity index (χ0v) is 16.0. The smallest absolute Gasteiger partial charge is 0.279 e. The molecule has 6 nitrogen and oxygen atoms in total. The quantitative estimate of drug-likeness (QED) is 0.467. The highest BCUT2D eigenvalue weighted by molar-refractivity contribution is 6.06. The second-order valence-corrected chi connectivity index (χ2v) is 5.98. The Bertz CT molecular complexity index is 860. The number of aliphatic imine (C=N–C) groups is 1. The summed E-state index contributed by atoms with van der Waals surface area (Å²) >= 11 is 0. The number of nitrogens with zero attached hydrogens (tertiary/aromatic N) is 1. The molecular formula is C21H25F2N3O3. The van der Waals surface area contributed by atoms with Crippen LogP contribution in [0.1, 0.15) is 17.3 Å². The van der Waals surface area contributed by atoms with Crippen molar-refractivity contribution in [1.29, 1.82) is 0 Å². The number of amidine groups is 1. The predicted octanol–water partition coefficient (Wildman–Crippen LogP) is 3.43. The molecule has 2 aromatic carbocycles. The number of benzene rings is 2. The maximum Gasteiger partial charge on any atom is 0.279 e. The van der Waals surface area contributed by atoms with Gasteiger partial charge in [0.2, 0.25) is 0 Å². The molecule has 2 rings (SSSR count). The fourth-order valence-corrected chi connectivity index (χ4v) is 2.27. The predicted molar refractivity (Wildman–Crippen MR) is 110 cm³/mol. The number of nitrogens with one attached hydrogen (secondary N) is 1. The van der Waals surface area contributed by atoms with Crippen LogP contribution in [0.5, 0.6) is 11.5 Å². The van der Waals surface area contributed by atoms with Crippen LogP contribution >= 0.6 is 0 Å². The van der Waals surface area contributed by atoms with E-state index in [-0.39, 0.29) is 25.2 Å². The van der Waals surface area contributed by atoms with Gasteiger partial charge in [-0.1, -0.05) is 30.3 Å². The van der Waals surface area contributed by atoms with E-state index in [0.29, 0.717) is 5.75 Å². The van der Waals surface area contributed by atoms with Gasteiger partial charge in [-0.25, -0.2) is 8.78 Å². The van der Waals surface area contributed by atoms with Crippen LogP contribution in [0, 0.1) is 0 Å². The number of hydrogen-bond donors (Lipinski definition) is 2. The van der Waals surface area contributed by atoms with E-state index in [4.69, 9.17) is 15.2 Å². The van der Waals surface area contributed by atoms with Gasteiger partial charge < -0.3 is 20.5 Å². The van der Waals surface area contributed by atoms with Gasteiger partial charge in [0.15, 0.2) is 6.10 Å². The standard InChI is InChI=1S/C21H23F2N3O3.H2/c1-25-8-7-20(24)26-21(27)16-9-17(28-14-15-5-3-2-4-6-15)11-18(10-16)29-19(12-22)13-23;/h2-11,19,25H,12-14H2,1H3,(H2,24,26,27);1H/b8-7-;. The van der Waals surface area contributed by atoms with Crippen molar-refractivity contribution < 1.29 is 24.5 Å². The van der Waals surface area contributed by atoms with Gasteiger partial charge in [-0.15, -0.1) is 0 Å². The molecule has 2 aromatic rings. The normalized spacial score (nSPS) is 11.7. The zero-order valence-electron chi connectivity index (χ0n) is 16.0. The lowest BCUT2D eigenvalue weighted by Crippen LogP contribution is -2.21. The van der Waals surface area contributed by atoms with Crippen molar-refractivity contribution in [3.05, 3.63) is 71.9 Å². The number of hydrogen-bond acceptors (Lipinski definition) is 4. The third-order valence-electron chi connectivity index (χ3n) is 3.67. The van der Waals surface area contributed by atoms with Gasteiger partial charge in [-0.05, 0) is 30.0 Å². The first kappa shape index (κ1) is 21.9. The van der Waals surface area contributed by atoms with Gasteiger partial charge >= 0.3 is 0 Å². The number of carbonyl (C=O) groups is 1. The molecule has 0 saturated heterocycles. The largest absolute Gasteiger partial charge is 0.489 e. The van der Waals surface area contributed by atoms with E-state index in [9.17, 15) is 13.6 Å². The van der Waals surface area contributed by atoms with Crippen molar-refractivity contribution in [2.45, 2.75) is 12.7 Å². The monoisotopic (exact) mass is 405 g/mol. The lowest BCUT2D eigenvalue weighted by atomic mass is 10.2. The lowest BCUT2D eigenvalue weighted by Gasteiger charge is -2.15. The Morgan fingerprint density at radius 3 is 2.55 bits per heavy atom. The summed E-state index contributed by atoms with van der Waals surface area (Å²) < 4.78 is 36.7. The Labute approximate surface area is 169 Å². The molecule has 3 N–H and O–H groups in total. The summed E-state index contributed by atoms with van der Waals surface area (Å²) in [4.78, 5) is 16.2. The second kappa shape index (κ2) is 11.4. The fourth-order valence-electron chi connectivity index (χ4n) is 2.27. The minimum absolute atomic E-state index is 0. The Balaban J connectivity index is 0.00000450. The van der Waals surface area contributed by atoms with E-state index < -0.39 is 25.4 Å². The summed E-state index contributed by atoms with van der Waals surface area (Å²) in [5, 5.41) is 2.73. The molecule has 0 bridgehead atoms. The molecule has 0 aliphatic carbocycles. The van der Waals surface area contributed by atoms with Gasteiger partial charge in [-0.2, -0.15) is 4.99 Å². The minimum Gasteiger partial charge on any atom is -0.489 e. The van der Waals surface area contributed by atoms with Crippen LogP contribution < -0.4 is 20.5 Å². The molecule has 0 spiro atoms. The molecule has 156 valence electrons. The number of ether oxygens (including phenoxy) is 2. The third-order valence-corrected chi connectivity index (χ3v) is 3.67. The van der Waals surface area contributed by atoms with Crippen LogP contribution in [0.25, 0.3) is 0 Å². The van der Waals surface area contributed by atoms with Crippen LogP contribution in [0.15, 0.2) is 65.8 Å². The van der Waals surface area contributed by atoms with Crippen molar-refractivity contribution in [2.75, 3.05) is 20.4 Å². The number of nitrogens with two attached hydrogens (primary N) is 1. The molecule has 0 fully saturated rings. The number of amides is 1. The van der Waals surface area contributed by atoms with Crippen LogP contribution in [0.3, 0.4) is 0 Å². The van der Waals surface area contributed by atoms with Gasteiger partial charge in [0.1, 0.15) is 37.3 Å². The number of alkyl halides is 2. The first-order chi connectivity index (χ1) is 14.0. The maximum atomic E-state index is 12.8. The van der Waals surface area contributed by atoms with Crippen molar-refractivity contribution in [3.63, 3.8) is 0 Å². The molecule has 0 aromatic heterocycles. The third kappa shape index (κ3) is 7.25. The Morgan fingerprint density at radius 2 is 1.90 bits per heavy atom. The van der Waals surface area contributed by atoms with Crippen LogP contribution in [0.2, 0.25) is 0 Å². The first-order valence-electron chi connectivity index (χ1n) is 8.88. The second-order valence-electron chi connectivity index (χ2n) is 5.98. The van der Waals surface area contributed by atoms with E-state index in [1.54, 1.807) is 7.05 Å². The van der Waals surface area contributed by atoms with E-state index >= 15 is 0 Å². The van der Waals surface area contributed by atoms with Crippen LogP contribution in [0.4, 0.5) is 8.78 Å². The Morgan fingerprint density at radius 1 is 1.21 bits per heavy atom. The van der Waals surface area contributed by atoms with E-state index in [1.807, 2.05) is 30.3 Å². The first-order valence-corrected chi connectivity index (χ1v) is 8.88. The fraction of sp³-hybridized carbons (Fsp3) is 0.238. The number of rotatable bonds is 10. The van der Waals surface area contributed by atoms with E-state index in [1.165, 1.54) is 30.5 Å². The lowest BCUT2D eigenvalue weighted by molar-refractivity contribution is 0.100. The van der Waals surface area contributed by atoms with Crippen molar-refractivity contribution in [2.24, 2.45) is 10.7 Å². The molecule has 0 aliphatic heterocycles. The summed E-state index contributed by atoms with van der Waals surface area (Å²) in [6, 6.07) is 13.7. The van der Waals surface area contributed by atoms with Gasteiger partial charge in [0.05, 0.1) is 0 Å². The molecule has 29 heavy (non-hydrogen) atoms. The highest BCUT2D eigenvalue weighted by atomic mass is 19.1. The highest BCUT2D eigenvalue weighted by Gasteiger charge is 2.14. The zero-order chi connectivity index (χ0) is 21.1. The topological polar surface area (TPSA) is 85.9 Å². The number of halogens is 2. The van der Waals surface area contributed by atoms with Crippen molar-refractivity contribution >= 4 is 11.7 Å². The Hall–Kier alpha value is -3.42. The van der Waals surface area contributed by atoms with E-state index in [2.05, 4.69) is 10.3 Å². The average Bonchev–Trinajstić information content (AvgIpc) is 2.75. The van der Waals surface area contributed by atoms with Crippen LogP contribution in [-0.2, 0) is 6.61 Å². The minimum atomic E-state index is -1.27. The number of carbonyl (C=O) groups excluding carboxylic acids is 1. The summed E-state index contributed by atoms with van der Waals surface area (Å²) in [7, 11) is 1.68. The summed E-state index contributed by atoms with van der Waals surface area (Å²) in [6.45, 7) is -1.77. The molecule has 0 atom stereocenters. The molecule has 0 heterocycles. The van der Waals surface area contributed by atoms with E-state index in [0.717, 1.165) is 5.56 Å². The molecule has 0 radical (unpaired) electrons. The highest BCUT2D eigenvalue weighted by Crippen LogP contribution is 2.25. The van der Waals surface area contributed by atoms with Gasteiger partial charge in [0, 0.05) is 20.1 Å². The summed E-state index contributed by atoms with van der Waals surface area (Å²) in [6.07, 6.45) is 1.68. The van der Waals surface area contributed by atoms with Crippen LogP contribution in [-0.4, -0.2) is 38.2 Å². The SMILES string of the molecule is CN/C=C\C(N)=NC(=O)c1cc(OCc2ccccc2)cc(OC(CF)CF)c1.[HH]. The van der Waals surface area contributed by atoms with Crippen molar-refractivity contribution in [3.8, 4) is 11.5 Å². The van der Waals surface area contributed by atoms with Gasteiger partial charge in [-0.3, -0.25) is 4.79 Å². The molecule has 8 heteroatoms. The molecule has 0 saturated carbocycles. The summed E-state index contributed by atoms with van der Waals surface area (Å²) in [5.41, 5.74) is 6.70. The maximum absolute atomic E-state index is 12.8. The molecule has 0 unspecified atom stereocenters. The average molecular weight is 405 g/mol. The Kier molecular flexibility index (Phi) is 8.62.